The maximum absolute atomic E-state index is 12.3. The lowest BCUT2D eigenvalue weighted by molar-refractivity contribution is -0.140. The van der Waals surface area contributed by atoms with E-state index in [9.17, 15) is 19.5 Å². The summed E-state index contributed by atoms with van der Waals surface area (Å²) in [6.45, 7) is -0.0618. The van der Waals surface area contributed by atoms with Crippen molar-refractivity contribution in [1.82, 2.24) is 0 Å². The van der Waals surface area contributed by atoms with Crippen molar-refractivity contribution >= 4 is 23.6 Å². The van der Waals surface area contributed by atoms with Gasteiger partial charge in [0.1, 0.15) is 29.5 Å². The van der Waals surface area contributed by atoms with Crippen molar-refractivity contribution in [3.63, 3.8) is 0 Å². The Kier molecular flexibility index (Phi) is 6.33. The van der Waals surface area contributed by atoms with E-state index >= 15 is 0 Å². The van der Waals surface area contributed by atoms with Gasteiger partial charge < -0.3 is 29.0 Å². The van der Waals surface area contributed by atoms with E-state index in [2.05, 4.69) is 0 Å². The molecule has 0 amide bonds. The number of nitrogens with zero attached hydrogens (tertiary/aromatic N) is 1. The number of carbonyl (C=O) groups excluding carboxylic acids is 2. The fraction of sp³-hybridized carbons (Fsp3) is 0.190. The summed E-state index contributed by atoms with van der Waals surface area (Å²) in [4.78, 5) is 37.2. The number of carboxylic acid groups (broad SMARTS) is 1. The number of carboxylic acids is 1. The van der Waals surface area contributed by atoms with Crippen LogP contribution in [0, 0.1) is 0 Å². The van der Waals surface area contributed by atoms with Gasteiger partial charge in [-0.2, -0.15) is 0 Å². The average Bonchev–Trinajstić information content (AvgIpc) is 2.78. The lowest BCUT2D eigenvalue weighted by Gasteiger charge is -2.31. The molecule has 3 rings (SSSR count). The zero-order valence-corrected chi connectivity index (χ0v) is 16.3. The minimum absolute atomic E-state index is 0.0208. The molecule has 1 aliphatic heterocycles. The van der Waals surface area contributed by atoms with Gasteiger partial charge in [-0.3, -0.25) is 0 Å². The van der Waals surface area contributed by atoms with E-state index in [0.29, 0.717) is 11.4 Å². The van der Waals surface area contributed by atoms with Gasteiger partial charge in [-0.15, -0.1) is 0 Å². The van der Waals surface area contributed by atoms with Crippen LogP contribution >= 0.6 is 0 Å². The van der Waals surface area contributed by atoms with Crippen LogP contribution in [0.4, 0.5) is 5.69 Å². The molecule has 2 aromatic rings. The van der Waals surface area contributed by atoms with Crippen molar-refractivity contribution in [3.8, 4) is 11.5 Å². The molecule has 156 valence electrons. The molecule has 0 atom stereocenters. The van der Waals surface area contributed by atoms with Gasteiger partial charge >= 0.3 is 17.9 Å². The summed E-state index contributed by atoms with van der Waals surface area (Å²) >= 11 is 0. The summed E-state index contributed by atoms with van der Waals surface area (Å²) < 4.78 is 20.7. The number of carbonyl (C=O) groups is 3. The van der Waals surface area contributed by atoms with Crippen molar-refractivity contribution < 1.29 is 38.4 Å². The van der Waals surface area contributed by atoms with E-state index in [1.165, 1.54) is 25.2 Å². The second-order valence-corrected chi connectivity index (χ2v) is 6.11. The molecule has 0 unspecified atom stereocenters. The molecule has 1 N–H and O–H groups in total. The first-order chi connectivity index (χ1) is 14.5. The fourth-order valence-corrected chi connectivity index (χ4v) is 2.90. The predicted octanol–water partition coefficient (Wildman–Crippen LogP) is 2.57. The van der Waals surface area contributed by atoms with E-state index < -0.39 is 17.9 Å². The van der Waals surface area contributed by atoms with Gasteiger partial charge in [0.2, 0.25) is 0 Å². The number of esters is 2. The fourth-order valence-electron chi connectivity index (χ4n) is 2.90. The van der Waals surface area contributed by atoms with Crippen molar-refractivity contribution in [3.05, 3.63) is 65.4 Å². The van der Waals surface area contributed by atoms with Crippen molar-refractivity contribution in [2.24, 2.45) is 0 Å². The molecule has 0 fully saturated rings. The van der Waals surface area contributed by atoms with Crippen LogP contribution in [0.1, 0.15) is 10.4 Å². The van der Waals surface area contributed by atoms with Gasteiger partial charge in [-0.1, -0.05) is 12.1 Å². The Morgan fingerprint density at radius 1 is 0.967 bits per heavy atom. The summed E-state index contributed by atoms with van der Waals surface area (Å²) in [6, 6.07) is 12.8. The molecule has 0 radical (unpaired) electrons. The number of ether oxygens (including phenoxy) is 4. The topological polar surface area (TPSA) is 112 Å². The van der Waals surface area contributed by atoms with Crippen LogP contribution in [0.5, 0.6) is 11.5 Å². The van der Waals surface area contributed by atoms with E-state index in [-0.39, 0.29) is 35.9 Å². The quantitative estimate of drug-likeness (QED) is 0.714. The van der Waals surface area contributed by atoms with Crippen molar-refractivity contribution in [2.75, 3.05) is 32.5 Å². The molecule has 1 aliphatic rings. The zero-order chi connectivity index (χ0) is 21.7. The number of rotatable bonds is 6. The maximum atomic E-state index is 12.3. The summed E-state index contributed by atoms with van der Waals surface area (Å²) in [6.07, 6.45) is 0. The molecule has 30 heavy (non-hydrogen) atoms. The standard InChI is InChI=1S/C21H19NO8/c1-27-20(25)16-11-29-12-22(18(16)21(26)28-2)13-7-9-14(10-8-13)30-17-6-4-3-5-15(17)19(23)24/h3-10H,11-12H2,1-2H3,(H,23,24). The number of hydrogen-bond acceptors (Lipinski definition) is 8. The van der Waals surface area contributed by atoms with Gasteiger partial charge in [-0.25, -0.2) is 14.4 Å². The third kappa shape index (κ3) is 4.26. The lowest BCUT2D eigenvalue weighted by atomic mass is 10.1. The number of methoxy groups -OCH3 is 2. The van der Waals surface area contributed by atoms with Crippen LogP contribution in [0.3, 0.4) is 0 Å². The zero-order valence-electron chi connectivity index (χ0n) is 16.3. The summed E-state index contributed by atoms with van der Waals surface area (Å²) in [5.41, 5.74) is 0.645. The smallest absolute Gasteiger partial charge is 0.355 e. The van der Waals surface area contributed by atoms with Crippen molar-refractivity contribution in [1.29, 1.82) is 0 Å². The predicted molar refractivity (Wildman–Crippen MR) is 104 cm³/mol. The molecule has 0 spiro atoms. The molecule has 2 aromatic carbocycles. The highest BCUT2D eigenvalue weighted by molar-refractivity contribution is 6.03. The van der Waals surface area contributed by atoms with Gasteiger partial charge in [0, 0.05) is 5.69 Å². The largest absolute Gasteiger partial charge is 0.478 e. The summed E-state index contributed by atoms with van der Waals surface area (Å²) in [5.74, 6) is -1.90. The molecule has 0 aliphatic carbocycles. The van der Waals surface area contributed by atoms with Gasteiger partial charge in [0.25, 0.3) is 0 Å². The van der Waals surface area contributed by atoms with E-state index in [1.807, 2.05) is 0 Å². The second kappa shape index (κ2) is 9.10. The third-order valence-corrected chi connectivity index (χ3v) is 4.33. The SMILES string of the molecule is COC(=O)C1=C(C(=O)OC)N(c2ccc(Oc3ccccc3C(=O)O)cc2)COC1. The monoisotopic (exact) mass is 413 g/mol. The van der Waals surface area contributed by atoms with Gasteiger partial charge in [-0.05, 0) is 36.4 Å². The number of anilines is 1. The highest BCUT2D eigenvalue weighted by Gasteiger charge is 2.32. The second-order valence-electron chi connectivity index (χ2n) is 6.11. The van der Waals surface area contributed by atoms with Crippen LogP contribution in [0.2, 0.25) is 0 Å². The molecule has 9 heteroatoms. The summed E-state index contributed by atoms with van der Waals surface area (Å²) in [7, 11) is 2.43. The summed E-state index contributed by atoms with van der Waals surface area (Å²) in [5, 5.41) is 9.27. The Balaban J connectivity index is 1.91. The van der Waals surface area contributed by atoms with Crippen LogP contribution in [-0.2, 0) is 23.8 Å². The number of hydrogen-bond donors (Lipinski definition) is 1. The first-order valence-electron chi connectivity index (χ1n) is 8.81. The normalized spacial score (nSPS) is 13.6. The molecule has 9 nitrogen and oxygen atoms in total. The van der Waals surface area contributed by atoms with E-state index in [0.717, 1.165) is 0 Å². The van der Waals surface area contributed by atoms with Gasteiger partial charge in [0.15, 0.2) is 0 Å². The Bertz CT molecular complexity index is 996. The van der Waals surface area contributed by atoms with Gasteiger partial charge in [0.05, 0.1) is 26.4 Å². The molecular formula is C21H19NO8. The van der Waals surface area contributed by atoms with Crippen LogP contribution < -0.4 is 9.64 Å². The van der Waals surface area contributed by atoms with Crippen molar-refractivity contribution in [2.45, 2.75) is 0 Å². The Labute approximate surface area is 172 Å². The molecule has 0 saturated heterocycles. The van der Waals surface area contributed by atoms with Crippen LogP contribution in [-0.4, -0.2) is 50.6 Å². The molecular weight excluding hydrogens is 394 g/mol. The minimum atomic E-state index is -1.10. The first kappa shape index (κ1) is 20.9. The van der Waals surface area contributed by atoms with E-state index in [4.69, 9.17) is 18.9 Å². The van der Waals surface area contributed by atoms with E-state index in [1.54, 1.807) is 42.5 Å². The highest BCUT2D eigenvalue weighted by atomic mass is 16.5. The molecule has 0 saturated carbocycles. The maximum Gasteiger partial charge on any atom is 0.355 e. The minimum Gasteiger partial charge on any atom is -0.478 e. The highest BCUT2D eigenvalue weighted by Crippen LogP contribution is 2.30. The number of para-hydroxylation sites is 1. The number of aromatic carboxylic acids is 1. The Morgan fingerprint density at radius 2 is 1.63 bits per heavy atom. The lowest BCUT2D eigenvalue weighted by Crippen LogP contribution is -2.38. The average molecular weight is 413 g/mol. The Morgan fingerprint density at radius 3 is 2.27 bits per heavy atom. The molecule has 1 heterocycles. The van der Waals surface area contributed by atoms with Crippen LogP contribution in [0.25, 0.3) is 0 Å². The molecule has 0 bridgehead atoms. The van der Waals surface area contributed by atoms with Crippen LogP contribution in [0.15, 0.2) is 59.8 Å². The molecule has 0 aromatic heterocycles. The number of benzene rings is 2. The third-order valence-electron chi connectivity index (χ3n) is 4.33. The first-order valence-corrected chi connectivity index (χ1v) is 8.81. The Hall–Kier alpha value is -3.85.